The summed E-state index contributed by atoms with van der Waals surface area (Å²) in [6.07, 6.45) is 15.2. The molecular weight excluding hydrogens is 580 g/mol. The molecule has 2 amide bonds. The molecule has 0 aliphatic rings. The van der Waals surface area contributed by atoms with Gasteiger partial charge in [-0.15, -0.1) is 0 Å². The van der Waals surface area contributed by atoms with Gasteiger partial charge in [-0.1, -0.05) is 80.1 Å². The predicted molar refractivity (Wildman–Crippen MR) is 163 cm³/mol. The Kier molecular flexibility index (Phi) is 27.1. The van der Waals surface area contributed by atoms with Crippen LogP contribution in [-0.4, -0.2) is 81.4 Å². The number of hydrogen-bond acceptors (Lipinski definition) is 7. The molecule has 0 heterocycles. The summed E-state index contributed by atoms with van der Waals surface area (Å²) < 4.78 is 21.6. The molecule has 0 rings (SSSR count). The van der Waals surface area contributed by atoms with Crippen LogP contribution in [0.2, 0.25) is 0 Å². The number of carbonyl (C=O) groups excluding carboxylic acids is 3. The van der Waals surface area contributed by atoms with Crippen molar-refractivity contribution in [2.45, 2.75) is 116 Å². The van der Waals surface area contributed by atoms with Gasteiger partial charge in [0.25, 0.3) is 0 Å². The lowest BCUT2D eigenvalue weighted by Crippen LogP contribution is -2.28. The molecular formula is C30H57BrN2O7. The number of nitrogens with one attached hydrogen (secondary N) is 2. The topological polar surface area (TPSA) is 112 Å². The second-order valence-electron chi connectivity index (χ2n) is 11.0. The van der Waals surface area contributed by atoms with Crippen molar-refractivity contribution in [3.05, 3.63) is 0 Å². The van der Waals surface area contributed by atoms with Crippen LogP contribution in [0.15, 0.2) is 0 Å². The average molecular weight is 638 g/mol. The van der Waals surface area contributed by atoms with Crippen LogP contribution in [0.3, 0.4) is 0 Å². The highest BCUT2D eigenvalue weighted by Crippen LogP contribution is 2.14. The van der Waals surface area contributed by atoms with Gasteiger partial charge in [0.05, 0.1) is 45.0 Å². The zero-order valence-electron chi connectivity index (χ0n) is 25.5. The lowest BCUT2D eigenvalue weighted by atomic mass is 10.0. The Bertz CT molecular complexity index is 630. The number of alkyl halides is 1. The molecule has 0 aliphatic carbocycles. The number of hydrogen-bond donors (Lipinski definition) is 2. The van der Waals surface area contributed by atoms with Crippen molar-refractivity contribution in [2.75, 3.05) is 58.1 Å². The van der Waals surface area contributed by atoms with Gasteiger partial charge in [-0.2, -0.15) is 0 Å². The predicted octanol–water partition coefficient (Wildman–Crippen LogP) is 5.47. The Morgan fingerprint density at radius 1 is 0.550 bits per heavy atom. The highest BCUT2D eigenvalue weighted by Gasteiger charge is 2.15. The number of ether oxygens (including phenoxy) is 4. The molecule has 0 saturated heterocycles. The summed E-state index contributed by atoms with van der Waals surface area (Å²) in [4.78, 5) is 34.6. The van der Waals surface area contributed by atoms with Gasteiger partial charge < -0.3 is 29.6 Å². The maximum Gasteiger partial charge on any atom is 0.306 e. The van der Waals surface area contributed by atoms with E-state index in [2.05, 4.69) is 26.6 Å². The summed E-state index contributed by atoms with van der Waals surface area (Å²) in [6, 6.07) is 0. The van der Waals surface area contributed by atoms with Gasteiger partial charge in [0.1, 0.15) is 5.60 Å². The molecule has 40 heavy (non-hydrogen) atoms. The normalized spacial score (nSPS) is 11.4. The second kappa shape index (κ2) is 27.9. The molecule has 0 radical (unpaired) electrons. The zero-order chi connectivity index (χ0) is 29.7. The minimum Gasteiger partial charge on any atom is -0.460 e. The van der Waals surface area contributed by atoms with Gasteiger partial charge in [-0.3, -0.25) is 14.4 Å². The van der Waals surface area contributed by atoms with Crippen molar-refractivity contribution in [3.63, 3.8) is 0 Å². The fourth-order valence-corrected chi connectivity index (χ4v) is 4.12. The third-order valence-corrected chi connectivity index (χ3v) is 6.47. The number of rotatable bonds is 28. The zero-order valence-corrected chi connectivity index (χ0v) is 27.1. The van der Waals surface area contributed by atoms with E-state index in [9.17, 15) is 14.4 Å². The summed E-state index contributed by atoms with van der Waals surface area (Å²) in [5.74, 6) is -0.0443. The van der Waals surface area contributed by atoms with Crippen molar-refractivity contribution in [1.82, 2.24) is 10.6 Å². The molecule has 0 aromatic carbocycles. The Balaban J connectivity index is 3.24. The lowest BCUT2D eigenvalue weighted by molar-refractivity contribution is -0.155. The van der Waals surface area contributed by atoms with E-state index in [1.54, 1.807) is 0 Å². The summed E-state index contributed by atoms with van der Waals surface area (Å²) in [5, 5.41) is 5.90. The van der Waals surface area contributed by atoms with E-state index in [4.69, 9.17) is 18.9 Å². The van der Waals surface area contributed by atoms with E-state index in [0.29, 0.717) is 70.9 Å². The number of esters is 1. The number of unbranched alkanes of at least 4 members (excludes halogenated alkanes) is 11. The molecule has 0 bridgehead atoms. The van der Waals surface area contributed by atoms with Crippen molar-refractivity contribution < 1.29 is 33.3 Å². The molecule has 0 unspecified atom stereocenters. The SMILES string of the molecule is CC(C)(C)OC(=O)CCCCCCCCCCCCCCC(=O)NCCOCCOCCOCCNC(=O)CBr. The second-order valence-corrected chi connectivity index (χ2v) is 11.6. The molecule has 236 valence electrons. The minimum absolute atomic E-state index is 0.0560. The Labute approximate surface area is 251 Å². The fraction of sp³-hybridized carbons (Fsp3) is 0.900. The first-order valence-electron chi connectivity index (χ1n) is 15.3. The van der Waals surface area contributed by atoms with Gasteiger partial charge in [0, 0.05) is 25.9 Å². The Hall–Kier alpha value is -1.23. The summed E-state index contributed by atoms with van der Waals surface area (Å²) >= 11 is 3.08. The first-order chi connectivity index (χ1) is 19.2. The number of carbonyl (C=O) groups is 3. The Morgan fingerprint density at radius 2 is 0.925 bits per heavy atom. The van der Waals surface area contributed by atoms with Crippen LogP contribution in [-0.2, 0) is 33.3 Å². The molecule has 0 fully saturated rings. The number of amides is 2. The third-order valence-electron chi connectivity index (χ3n) is 5.96. The standard InChI is InChI=1S/C30H57BrN2O7/c1-30(2,3)40-29(36)17-15-13-11-9-7-5-4-6-8-10-12-14-16-27(34)32-18-20-37-22-24-39-25-23-38-21-19-33-28(35)26-31/h4-26H2,1-3H3,(H,32,34)(H,33,35). The van der Waals surface area contributed by atoms with Crippen LogP contribution in [0.1, 0.15) is 111 Å². The molecule has 9 nitrogen and oxygen atoms in total. The smallest absolute Gasteiger partial charge is 0.306 e. The van der Waals surface area contributed by atoms with Crippen LogP contribution in [0.25, 0.3) is 0 Å². The van der Waals surface area contributed by atoms with Gasteiger partial charge >= 0.3 is 5.97 Å². The largest absolute Gasteiger partial charge is 0.460 e. The van der Waals surface area contributed by atoms with Crippen LogP contribution in [0.5, 0.6) is 0 Å². The highest BCUT2D eigenvalue weighted by atomic mass is 79.9. The van der Waals surface area contributed by atoms with E-state index in [1.807, 2.05) is 20.8 Å². The van der Waals surface area contributed by atoms with Gasteiger partial charge in [-0.25, -0.2) is 0 Å². The van der Waals surface area contributed by atoms with Crippen molar-refractivity contribution in [3.8, 4) is 0 Å². The quantitative estimate of drug-likeness (QED) is 0.0665. The first kappa shape index (κ1) is 38.8. The number of halogens is 1. The molecule has 2 N–H and O–H groups in total. The van der Waals surface area contributed by atoms with Crippen molar-refractivity contribution in [2.24, 2.45) is 0 Å². The molecule has 0 aromatic heterocycles. The van der Waals surface area contributed by atoms with E-state index in [0.717, 1.165) is 25.7 Å². The molecule has 0 aliphatic heterocycles. The molecule has 10 heteroatoms. The van der Waals surface area contributed by atoms with Crippen LogP contribution >= 0.6 is 15.9 Å². The van der Waals surface area contributed by atoms with E-state index < -0.39 is 0 Å². The minimum atomic E-state index is -0.381. The van der Waals surface area contributed by atoms with E-state index in [-0.39, 0.29) is 23.4 Å². The van der Waals surface area contributed by atoms with E-state index in [1.165, 1.54) is 51.4 Å². The van der Waals surface area contributed by atoms with Gasteiger partial charge in [-0.05, 0) is 33.6 Å². The van der Waals surface area contributed by atoms with Crippen LogP contribution in [0, 0.1) is 0 Å². The lowest BCUT2D eigenvalue weighted by Gasteiger charge is -2.19. The van der Waals surface area contributed by atoms with Gasteiger partial charge in [0.2, 0.25) is 11.8 Å². The molecule has 0 spiro atoms. The van der Waals surface area contributed by atoms with Crippen LogP contribution in [0.4, 0.5) is 0 Å². The van der Waals surface area contributed by atoms with Gasteiger partial charge in [0.15, 0.2) is 0 Å². The Morgan fingerprint density at radius 3 is 1.35 bits per heavy atom. The fourth-order valence-electron chi connectivity index (χ4n) is 3.92. The molecule has 0 aromatic rings. The third kappa shape index (κ3) is 31.3. The maximum absolute atomic E-state index is 11.9. The van der Waals surface area contributed by atoms with Crippen molar-refractivity contribution >= 4 is 33.7 Å². The average Bonchev–Trinajstić information content (AvgIpc) is 2.90. The van der Waals surface area contributed by atoms with Crippen LogP contribution < -0.4 is 10.6 Å². The highest BCUT2D eigenvalue weighted by molar-refractivity contribution is 9.09. The summed E-state index contributed by atoms with van der Waals surface area (Å²) in [7, 11) is 0. The maximum atomic E-state index is 11.9. The van der Waals surface area contributed by atoms with E-state index >= 15 is 0 Å². The first-order valence-corrected chi connectivity index (χ1v) is 16.4. The molecule has 0 atom stereocenters. The molecule has 0 saturated carbocycles. The summed E-state index contributed by atoms with van der Waals surface area (Å²) in [6.45, 7) is 9.58. The summed E-state index contributed by atoms with van der Waals surface area (Å²) in [5.41, 5.74) is -0.381. The monoisotopic (exact) mass is 636 g/mol. The van der Waals surface area contributed by atoms with Crippen molar-refractivity contribution in [1.29, 1.82) is 0 Å².